The number of ether oxygens (including phenoxy) is 2. The molecular weight excluding hydrogens is 705 g/mol. The fraction of sp³-hybridized carbons (Fsp3) is 0.907. The second-order valence-electron chi connectivity index (χ2n) is 15.2. The van der Waals surface area contributed by atoms with Crippen LogP contribution in [0.2, 0.25) is 0 Å². The first-order valence-electron chi connectivity index (χ1n) is 22.2. The second-order valence-corrected chi connectivity index (χ2v) is 16.6. The molecule has 11 heteroatoms. The second kappa shape index (κ2) is 39.9. The van der Waals surface area contributed by atoms with Crippen LogP contribution in [0.5, 0.6) is 0 Å². The SMILES string of the molecule is CCCCCCCCC/C=C\CCCCCCCC(=O)O[C@H](COCCCCCCCCCCCCCCCCCC)COP(=O)(O)OC[C@H](N)C(=O)O. The Balaban J connectivity index is 4.21. The fourth-order valence-electron chi connectivity index (χ4n) is 6.31. The molecule has 0 aromatic heterocycles. The Kier molecular flexibility index (Phi) is 39.0. The molecule has 4 N–H and O–H groups in total. The first-order chi connectivity index (χ1) is 26.2. The molecule has 10 nitrogen and oxygen atoms in total. The van der Waals surface area contributed by atoms with Gasteiger partial charge in [0.2, 0.25) is 0 Å². The number of unbranched alkanes of at least 4 members (excludes halogenated alkanes) is 27. The topological polar surface area (TPSA) is 155 Å². The lowest BCUT2D eigenvalue weighted by Crippen LogP contribution is -2.34. The minimum absolute atomic E-state index is 0.0194. The van der Waals surface area contributed by atoms with Gasteiger partial charge in [-0.2, -0.15) is 0 Å². The molecule has 0 fully saturated rings. The Hall–Kier alpha value is -1.29. The number of carbonyl (C=O) groups excluding carboxylic acids is 1. The van der Waals surface area contributed by atoms with Gasteiger partial charge in [0.25, 0.3) is 0 Å². The molecule has 0 spiro atoms. The van der Waals surface area contributed by atoms with E-state index < -0.39 is 45.1 Å². The summed E-state index contributed by atoms with van der Waals surface area (Å²) in [5.41, 5.74) is 5.35. The molecule has 0 aliphatic rings. The van der Waals surface area contributed by atoms with Crippen LogP contribution >= 0.6 is 7.82 Å². The first kappa shape index (κ1) is 52.7. The molecule has 0 aliphatic carbocycles. The first-order valence-corrected chi connectivity index (χ1v) is 23.7. The van der Waals surface area contributed by atoms with E-state index in [1.54, 1.807) is 0 Å². The van der Waals surface area contributed by atoms with E-state index in [-0.39, 0.29) is 13.0 Å². The van der Waals surface area contributed by atoms with Gasteiger partial charge in [-0.3, -0.25) is 18.6 Å². The number of carboxylic acids is 1. The lowest BCUT2D eigenvalue weighted by Gasteiger charge is -2.20. The Morgan fingerprint density at radius 3 is 1.41 bits per heavy atom. The van der Waals surface area contributed by atoms with Crippen LogP contribution < -0.4 is 5.73 Å². The predicted octanol–water partition coefficient (Wildman–Crippen LogP) is 12.1. The fourth-order valence-corrected chi connectivity index (χ4v) is 7.08. The molecule has 54 heavy (non-hydrogen) atoms. The average Bonchev–Trinajstić information content (AvgIpc) is 3.15. The van der Waals surface area contributed by atoms with Crippen molar-refractivity contribution >= 4 is 19.8 Å². The molecule has 0 aromatic rings. The highest BCUT2D eigenvalue weighted by atomic mass is 31.2. The lowest BCUT2D eigenvalue weighted by atomic mass is 10.0. The minimum atomic E-state index is -4.61. The van der Waals surface area contributed by atoms with Crippen molar-refractivity contribution < 1.29 is 42.7 Å². The summed E-state index contributed by atoms with van der Waals surface area (Å²) in [6.45, 7) is 3.90. The minimum Gasteiger partial charge on any atom is -0.480 e. The largest absolute Gasteiger partial charge is 0.480 e. The highest BCUT2D eigenvalue weighted by Gasteiger charge is 2.27. The van der Waals surface area contributed by atoms with Gasteiger partial charge in [-0.1, -0.05) is 180 Å². The van der Waals surface area contributed by atoms with Crippen LogP contribution in [0.25, 0.3) is 0 Å². The van der Waals surface area contributed by atoms with Crippen LogP contribution in [0.3, 0.4) is 0 Å². The summed E-state index contributed by atoms with van der Waals surface area (Å²) in [5, 5.41) is 8.89. The number of carbonyl (C=O) groups is 2. The van der Waals surface area contributed by atoms with E-state index in [0.29, 0.717) is 13.0 Å². The van der Waals surface area contributed by atoms with Gasteiger partial charge in [-0.15, -0.1) is 0 Å². The third kappa shape index (κ3) is 39.0. The summed E-state index contributed by atoms with van der Waals surface area (Å²) < 4.78 is 33.4. The molecule has 0 saturated carbocycles. The summed E-state index contributed by atoms with van der Waals surface area (Å²) in [4.78, 5) is 33.5. The van der Waals surface area contributed by atoms with Gasteiger partial charge in [0.15, 0.2) is 0 Å². The maximum absolute atomic E-state index is 12.6. The molecule has 0 rings (SSSR count). The van der Waals surface area contributed by atoms with Crippen molar-refractivity contribution in [1.82, 2.24) is 0 Å². The number of esters is 1. The predicted molar refractivity (Wildman–Crippen MR) is 222 cm³/mol. The van der Waals surface area contributed by atoms with Crippen molar-refractivity contribution in [3.05, 3.63) is 12.2 Å². The monoisotopic (exact) mass is 790 g/mol. The molecule has 0 aliphatic heterocycles. The summed E-state index contributed by atoms with van der Waals surface area (Å²) in [6, 6.07) is -1.47. The number of hydrogen-bond acceptors (Lipinski definition) is 8. The third-order valence-electron chi connectivity index (χ3n) is 9.79. The van der Waals surface area contributed by atoms with Crippen molar-refractivity contribution in [1.29, 1.82) is 0 Å². The van der Waals surface area contributed by atoms with Crippen molar-refractivity contribution in [3.63, 3.8) is 0 Å². The number of nitrogens with two attached hydrogens (primary N) is 1. The van der Waals surface area contributed by atoms with E-state index in [1.165, 1.54) is 135 Å². The molecule has 0 bridgehead atoms. The quantitative estimate of drug-likeness (QED) is 0.0235. The molecule has 0 radical (unpaired) electrons. The number of phosphoric ester groups is 1. The maximum atomic E-state index is 12.6. The summed E-state index contributed by atoms with van der Waals surface area (Å²) in [5.74, 6) is -1.78. The summed E-state index contributed by atoms with van der Waals surface area (Å²) in [6.07, 6.45) is 41.1. The van der Waals surface area contributed by atoms with Crippen LogP contribution in [0.1, 0.15) is 213 Å². The van der Waals surface area contributed by atoms with E-state index in [9.17, 15) is 19.0 Å². The van der Waals surface area contributed by atoms with Gasteiger partial charge in [0.05, 0.1) is 19.8 Å². The highest BCUT2D eigenvalue weighted by molar-refractivity contribution is 7.47. The van der Waals surface area contributed by atoms with E-state index >= 15 is 0 Å². The van der Waals surface area contributed by atoms with E-state index in [2.05, 4.69) is 26.0 Å². The molecular formula is C43H84NO9P. The molecule has 0 aromatic carbocycles. The molecule has 1 unspecified atom stereocenters. The van der Waals surface area contributed by atoms with Gasteiger partial charge >= 0.3 is 19.8 Å². The molecule has 0 heterocycles. The molecule has 320 valence electrons. The third-order valence-corrected chi connectivity index (χ3v) is 10.7. The van der Waals surface area contributed by atoms with Gasteiger partial charge in [0, 0.05) is 13.0 Å². The van der Waals surface area contributed by atoms with Crippen LogP contribution in [0.15, 0.2) is 12.2 Å². The van der Waals surface area contributed by atoms with Crippen LogP contribution in [-0.2, 0) is 32.7 Å². The van der Waals surface area contributed by atoms with Gasteiger partial charge < -0.3 is 25.2 Å². The van der Waals surface area contributed by atoms with Gasteiger partial charge in [-0.05, 0) is 38.5 Å². The van der Waals surface area contributed by atoms with Gasteiger partial charge in [0.1, 0.15) is 12.1 Å². The van der Waals surface area contributed by atoms with Gasteiger partial charge in [-0.25, -0.2) is 4.57 Å². The number of carboxylic acid groups (broad SMARTS) is 1. The average molecular weight is 790 g/mol. The number of phosphoric acid groups is 1. The van der Waals surface area contributed by atoms with Crippen molar-refractivity contribution in [3.8, 4) is 0 Å². The normalized spacial score (nSPS) is 14.0. The van der Waals surface area contributed by atoms with Crippen LogP contribution in [-0.4, -0.2) is 60.5 Å². The van der Waals surface area contributed by atoms with Crippen LogP contribution in [0.4, 0.5) is 0 Å². The Bertz CT molecular complexity index is 919. The number of aliphatic carboxylic acids is 1. The zero-order valence-electron chi connectivity index (χ0n) is 34.8. The molecule has 0 amide bonds. The summed E-state index contributed by atoms with van der Waals surface area (Å²) >= 11 is 0. The van der Waals surface area contributed by atoms with Crippen molar-refractivity contribution in [2.45, 2.75) is 225 Å². The number of rotatable bonds is 43. The zero-order chi connectivity index (χ0) is 39.8. The van der Waals surface area contributed by atoms with Crippen LogP contribution in [0, 0.1) is 0 Å². The maximum Gasteiger partial charge on any atom is 0.472 e. The zero-order valence-corrected chi connectivity index (χ0v) is 35.7. The Labute approximate surface area is 331 Å². The summed E-state index contributed by atoms with van der Waals surface area (Å²) in [7, 11) is -4.61. The van der Waals surface area contributed by atoms with E-state index in [4.69, 9.17) is 29.4 Å². The highest BCUT2D eigenvalue weighted by Crippen LogP contribution is 2.43. The molecule has 3 atom stereocenters. The van der Waals surface area contributed by atoms with E-state index in [1.807, 2.05) is 0 Å². The standard InChI is InChI=1S/C43H84NO9P/c1-3-5-7-9-11-13-15-17-19-21-23-25-27-29-31-33-35-42(45)53-40(38-51-54(48,49)52-39-41(44)43(46)47)37-50-36-34-32-30-28-26-24-22-20-18-16-14-12-10-8-6-4-2/h19,21,40-41H,3-18,20,22-39,44H2,1-2H3,(H,46,47)(H,48,49)/b21-19-/t40-,41+/m1/s1. The van der Waals surface area contributed by atoms with Crippen molar-refractivity contribution in [2.24, 2.45) is 5.73 Å². The molecule has 0 saturated heterocycles. The lowest BCUT2D eigenvalue weighted by molar-refractivity contribution is -0.154. The van der Waals surface area contributed by atoms with Crippen molar-refractivity contribution in [2.75, 3.05) is 26.4 Å². The number of allylic oxidation sites excluding steroid dienone is 2. The Morgan fingerprint density at radius 1 is 0.574 bits per heavy atom. The number of hydrogen-bond donors (Lipinski definition) is 3. The van der Waals surface area contributed by atoms with E-state index in [0.717, 1.165) is 51.4 Å². The smallest absolute Gasteiger partial charge is 0.472 e. The Morgan fingerprint density at radius 2 is 0.963 bits per heavy atom.